The van der Waals surface area contributed by atoms with Crippen molar-refractivity contribution in [2.24, 2.45) is 0 Å². The third kappa shape index (κ3) is 2.69. The topological polar surface area (TPSA) is 46.5 Å². The lowest BCUT2D eigenvalue weighted by Crippen LogP contribution is -2.09. The van der Waals surface area contributed by atoms with Crippen molar-refractivity contribution in [1.29, 1.82) is 0 Å². The van der Waals surface area contributed by atoms with Crippen LogP contribution in [0.1, 0.15) is 21.5 Å². The number of hydrogen-bond donors (Lipinski definition) is 1. The molecule has 92 valence electrons. The molecule has 0 heterocycles. The highest BCUT2D eigenvalue weighted by Crippen LogP contribution is 2.20. The van der Waals surface area contributed by atoms with E-state index in [0.29, 0.717) is 11.3 Å². The zero-order chi connectivity index (χ0) is 13.1. The summed E-state index contributed by atoms with van der Waals surface area (Å²) in [4.78, 5) is 11.9. The number of phenols is 1. The number of hydrogen-bond acceptors (Lipinski definition) is 3. The monoisotopic (exact) mass is 242 g/mol. The quantitative estimate of drug-likeness (QED) is 0.649. The van der Waals surface area contributed by atoms with Gasteiger partial charge in [-0.05, 0) is 49.7 Å². The Morgan fingerprint density at radius 3 is 2.33 bits per heavy atom. The van der Waals surface area contributed by atoms with E-state index in [9.17, 15) is 4.79 Å². The molecule has 3 heteroatoms. The number of rotatable bonds is 2. The molecule has 3 nitrogen and oxygen atoms in total. The molecular formula is C15H14O3. The number of benzene rings is 2. The molecule has 0 aliphatic carbocycles. The highest BCUT2D eigenvalue weighted by Gasteiger charge is 2.10. The molecule has 0 amide bonds. The van der Waals surface area contributed by atoms with E-state index in [1.165, 1.54) is 24.3 Å². The Kier molecular flexibility index (Phi) is 3.33. The molecule has 2 aromatic carbocycles. The number of esters is 1. The van der Waals surface area contributed by atoms with Gasteiger partial charge in [-0.2, -0.15) is 0 Å². The molecule has 0 bridgehead atoms. The lowest BCUT2D eigenvalue weighted by molar-refractivity contribution is 0.0733. The Morgan fingerprint density at radius 2 is 1.72 bits per heavy atom. The summed E-state index contributed by atoms with van der Waals surface area (Å²) >= 11 is 0. The van der Waals surface area contributed by atoms with E-state index in [4.69, 9.17) is 9.84 Å². The first kappa shape index (κ1) is 12.2. The van der Waals surface area contributed by atoms with Crippen LogP contribution in [0.5, 0.6) is 11.5 Å². The highest BCUT2D eigenvalue weighted by atomic mass is 16.5. The standard InChI is InChI=1S/C15H14O3/c1-10-3-8-14(11(2)9-10)18-15(17)12-4-6-13(16)7-5-12/h3-9,16H,1-2H3. The van der Waals surface area contributed by atoms with Crippen molar-refractivity contribution in [1.82, 2.24) is 0 Å². The van der Waals surface area contributed by atoms with E-state index in [0.717, 1.165) is 11.1 Å². The first-order valence-corrected chi connectivity index (χ1v) is 5.65. The molecular weight excluding hydrogens is 228 g/mol. The molecule has 2 aromatic rings. The van der Waals surface area contributed by atoms with Crippen LogP contribution in [0.15, 0.2) is 42.5 Å². The molecule has 1 N–H and O–H groups in total. The number of carbonyl (C=O) groups excluding carboxylic acids is 1. The molecule has 0 radical (unpaired) electrons. The number of ether oxygens (including phenoxy) is 1. The number of carbonyl (C=O) groups is 1. The predicted molar refractivity (Wildman–Crippen MR) is 69.0 cm³/mol. The van der Waals surface area contributed by atoms with Crippen molar-refractivity contribution >= 4 is 5.97 Å². The van der Waals surface area contributed by atoms with Gasteiger partial charge in [-0.1, -0.05) is 17.7 Å². The van der Waals surface area contributed by atoms with Gasteiger partial charge < -0.3 is 9.84 Å². The maximum Gasteiger partial charge on any atom is 0.343 e. The molecule has 0 saturated heterocycles. The fraction of sp³-hybridized carbons (Fsp3) is 0.133. The van der Waals surface area contributed by atoms with Crippen molar-refractivity contribution in [3.63, 3.8) is 0 Å². The SMILES string of the molecule is Cc1ccc(OC(=O)c2ccc(O)cc2)c(C)c1. The predicted octanol–water partition coefficient (Wildman–Crippen LogP) is 3.23. The minimum atomic E-state index is -0.429. The van der Waals surface area contributed by atoms with Crippen molar-refractivity contribution < 1.29 is 14.6 Å². The van der Waals surface area contributed by atoms with Crippen molar-refractivity contribution in [2.45, 2.75) is 13.8 Å². The summed E-state index contributed by atoms with van der Waals surface area (Å²) < 4.78 is 5.31. The molecule has 0 spiro atoms. The van der Waals surface area contributed by atoms with E-state index < -0.39 is 5.97 Å². The summed E-state index contributed by atoms with van der Waals surface area (Å²) in [5.41, 5.74) is 2.45. The molecule has 0 aromatic heterocycles. The Hall–Kier alpha value is -2.29. The molecule has 0 aliphatic heterocycles. The molecule has 18 heavy (non-hydrogen) atoms. The molecule has 0 atom stereocenters. The first-order chi connectivity index (χ1) is 8.56. The van der Waals surface area contributed by atoms with Gasteiger partial charge in [-0.25, -0.2) is 4.79 Å². The number of aromatic hydroxyl groups is 1. The minimum absolute atomic E-state index is 0.123. The zero-order valence-corrected chi connectivity index (χ0v) is 10.3. The summed E-state index contributed by atoms with van der Waals surface area (Å²) in [6, 6.07) is 11.6. The van der Waals surface area contributed by atoms with Crippen LogP contribution >= 0.6 is 0 Å². The van der Waals surface area contributed by atoms with Crippen molar-refractivity contribution in [3.8, 4) is 11.5 Å². The lowest BCUT2D eigenvalue weighted by Gasteiger charge is -2.08. The minimum Gasteiger partial charge on any atom is -0.508 e. The Labute approximate surface area is 106 Å². The van der Waals surface area contributed by atoms with Crippen molar-refractivity contribution in [2.75, 3.05) is 0 Å². The van der Waals surface area contributed by atoms with E-state index >= 15 is 0 Å². The normalized spacial score (nSPS) is 10.1. The third-order valence-electron chi connectivity index (χ3n) is 2.64. The van der Waals surface area contributed by atoms with Crippen LogP contribution in [0.4, 0.5) is 0 Å². The smallest absolute Gasteiger partial charge is 0.343 e. The molecule has 0 saturated carbocycles. The van der Waals surface area contributed by atoms with Gasteiger partial charge in [0.1, 0.15) is 11.5 Å². The fourth-order valence-electron chi connectivity index (χ4n) is 1.67. The van der Waals surface area contributed by atoms with E-state index in [-0.39, 0.29) is 5.75 Å². The number of phenolic OH excluding ortho intramolecular Hbond substituents is 1. The van der Waals surface area contributed by atoms with Gasteiger partial charge in [0.2, 0.25) is 0 Å². The third-order valence-corrected chi connectivity index (χ3v) is 2.64. The summed E-state index contributed by atoms with van der Waals surface area (Å²) in [7, 11) is 0. The molecule has 0 unspecified atom stereocenters. The van der Waals surface area contributed by atoms with E-state index in [1.54, 1.807) is 6.07 Å². The second-order valence-corrected chi connectivity index (χ2v) is 4.21. The van der Waals surface area contributed by atoms with Crippen LogP contribution < -0.4 is 4.74 Å². The van der Waals surface area contributed by atoms with Crippen LogP contribution in [0, 0.1) is 13.8 Å². The van der Waals surface area contributed by atoms with Gasteiger partial charge in [-0.15, -0.1) is 0 Å². The van der Waals surface area contributed by atoms with Gasteiger partial charge in [0.15, 0.2) is 0 Å². The molecule has 0 aliphatic rings. The van der Waals surface area contributed by atoms with Crippen LogP contribution in [0.2, 0.25) is 0 Å². The maximum atomic E-state index is 11.9. The molecule has 2 rings (SSSR count). The van der Waals surface area contributed by atoms with Crippen LogP contribution in [0.3, 0.4) is 0 Å². The highest BCUT2D eigenvalue weighted by molar-refractivity contribution is 5.91. The zero-order valence-electron chi connectivity index (χ0n) is 10.3. The summed E-state index contributed by atoms with van der Waals surface area (Å²) in [5, 5.41) is 9.15. The summed E-state index contributed by atoms with van der Waals surface area (Å²) in [5.74, 6) is 0.249. The van der Waals surface area contributed by atoms with Gasteiger partial charge in [0, 0.05) is 0 Å². The lowest BCUT2D eigenvalue weighted by atomic mass is 10.1. The van der Waals surface area contributed by atoms with Gasteiger partial charge in [0.05, 0.1) is 5.56 Å². The van der Waals surface area contributed by atoms with Gasteiger partial charge in [-0.3, -0.25) is 0 Å². The van der Waals surface area contributed by atoms with Crippen LogP contribution in [-0.2, 0) is 0 Å². The van der Waals surface area contributed by atoms with Crippen LogP contribution in [0.25, 0.3) is 0 Å². The fourth-order valence-corrected chi connectivity index (χ4v) is 1.67. The Morgan fingerprint density at radius 1 is 1.06 bits per heavy atom. The maximum absolute atomic E-state index is 11.9. The van der Waals surface area contributed by atoms with E-state index in [2.05, 4.69) is 0 Å². The summed E-state index contributed by atoms with van der Waals surface area (Å²) in [6.07, 6.45) is 0. The van der Waals surface area contributed by atoms with Gasteiger partial charge >= 0.3 is 5.97 Å². The first-order valence-electron chi connectivity index (χ1n) is 5.65. The largest absolute Gasteiger partial charge is 0.508 e. The average molecular weight is 242 g/mol. The van der Waals surface area contributed by atoms with Gasteiger partial charge in [0.25, 0.3) is 0 Å². The second kappa shape index (κ2) is 4.92. The number of aryl methyl sites for hydroxylation is 2. The Balaban J connectivity index is 2.18. The van der Waals surface area contributed by atoms with Crippen molar-refractivity contribution in [3.05, 3.63) is 59.2 Å². The van der Waals surface area contributed by atoms with Crippen LogP contribution in [-0.4, -0.2) is 11.1 Å². The average Bonchev–Trinajstić information content (AvgIpc) is 2.33. The summed E-state index contributed by atoms with van der Waals surface area (Å²) in [6.45, 7) is 3.88. The van der Waals surface area contributed by atoms with E-state index in [1.807, 2.05) is 26.0 Å². The molecule has 0 fully saturated rings. The Bertz CT molecular complexity index is 571. The second-order valence-electron chi connectivity index (χ2n) is 4.21.